The molecule has 0 aromatic carbocycles. The standard InChI is InChI=1S/C71H124O6/c1-4-7-10-13-16-19-21-23-25-27-29-31-33-34-35-36-38-39-41-43-45-47-49-52-55-58-61-64-70(73)76-67-68(66-75-69(72)63-60-57-54-51-18-15-12-9-6-3)77-71(74)65-62-59-56-53-50-48-46-44-42-40-37-32-30-28-26-24-22-20-17-14-11-8-5-2/h7,10,16,19,23,25,29,31,34-35,38-39,43,45,68H,4-6,8-9,11-15,17-18,20-22,24,26-28,30,32-33,36-37,40-42,44,46-67H2,1-3H3/b10-7-,19-16-,25-23-,31-29-,35-34-,39-38-,45-43-. The fraction of sp³-hybridized carbons (Fsp3) is 0.761. The smallest absolute Gasteiger partial charge is 0.306 e. The largest absolute Gasteiger partial charge is 0.462 e. The first-order chi connectivity index (χ1) is 38.0. The van der Waals surface area contributed by atoms with Crippen LogP contribution in [-0.2, 0) is 28.6 Å². The third-order valence-corrected chi connectivity index (χ3v) is 14.4. The summed E-state index contributed by atoms with van der Waals surface area (Å²) < 4.78 is 16.9. The molecule has 0 rings (SSSR count). The summed E-state index contributed by atoms with van der Waals surface area (Å²) in [5.41, 5.74) is 0. The molecule has 0 amide bonds. The van der Waals surface area contributed by atoms with Crippen LogP contribution in [0.5, 0.6) is 0 Å². The van der Waals surface area contributed by atoms with Gasteiger partial charge in [0.2, 0.25) is 0 Å². The molecule has 0 saturated heterocycles. The minimum Gasteiger partial charge on any atom is -0.462 e. The third-order valence-electron chi connectivity index (χ3n) is 14.4. The lowest BCUT2D eigenvalue weighted by Gasteiger charge is -2.18. The van der Waals surface area contributed by atoms with Crippen LogP contribution in [-0.4, -0.2) is 37.2 Å². The number of carbonyl (C=O) groups is 3. The first kappa shape index (κ1) is 73.6. The van der Waals surface area contributed by atoms with Crippen LogP contribution >= 0.6 is 0 Å². The van der Waals surface area contributed by atoms with E-state index in [-0.39, 0.29) is 31.1 Å². The number of carbonyl (C=O) groups excluding carboxylic acids is 3. The van der Waals surface area contributed by atoms with E-state index in [9.17, 15) is 14.4 Å². The van der Waals surface area contributed by atoms with Gasteiger partial charge in [0.25, 0.3) is 0 Å². The number of hydrogen-bond acceptors (Lipinski definition) is 6. The Kier molecular flexibility index (Phi) is 62.2. The van der Waals surface area contributed by atoms with E-state index >= 15 is 0 Å². The summed E-state index contributed by atoms with van der Waals surface area (Å²) in [7, 11) is 0. The Bertz CT molecular complexity index is 1470. The van der Waals surface area contributed by atoms with Crippen molar-refractivity contribution in [3.63, 3.8) is 0 Å². The van der Waals surface area contributed by atoms with Gasteiger partial charge in [-0.3, -0.25) is 14.4 Å². The molecule has 0 heterocycles. The highest BCUT2D eigenvalue weighted by Crippen LogP contribution is 2.17. The summed E-state index contributed by atoms with van der Waals surface area (Å²) in [5, 5.41) is 0. The lowest BCUT2D eigenvalue weighted by molar-refractivity contribution is -0.167. The number of esters is 3. The second-order valence-electron chi connectivity index (χ2n) is 22.0. The summed E-state index contributed by atoms with van der Waals surface area (Å²) in [4.78, 5) is 38.2. The SMILES string of the molecule is CC/C=C\C/C=C\C/C=C\C/C=C\C/C=C\C/C=C\C/C=C\CCCCCCCC(=O)OCC(COC(=O)CCCCCCCCCCC)OC(=O)CCCCCCCCCCCCCCCCCCCCCCCCC. The second kappa shape index (κ2) is 65.1. The minimum absolute atomic E-state index is 0.0788. The van der Waals surface area contributed by atoms with Gasteiger partial charge in [0.1, 0.15) is 13.2 Å². The van der Waals surface area contributed by atoms with Crippen LogP contribution < -0.4 is 0 Å². The zero-order valence-electron chi connectivity index (χ0n) is 51.0. The summed E-state index contributed by atoms with van der Waals surface area (Å²) in [6, 6.07) is 0. The fourth-order valence-electron chi connectivity index (χ4n) is 9.48. The molecule has 0 fully saturated rings. The topological polar surface area (TPSA) is 78.9 Å². The number of unbranched alkanes of at least 4 members (excludes halogenated alkanes) is 35. The molecule has 444 valence electrons. The van der Waals surface area contributed by atoms with E-state index in [2.05, 4.69) is 106 Å². The van der Waals surface area contributed by atoms with E-state index in [1.54, 1.807) is 0 Å². The van der Waals surface area contributed by atoms with Crippen LogP contribution in [0.2, 0.25) is 0 Å². The molecular formula is C71H124O6. The Morgan fingerprint density at radius 3 is 0.792 bits per heavy atom. The highest BCUT2D eigenvalue weighted by atomic mass is 16.6. The van der Waals surface area contributed by atoms with Crippen molar-refractivity contribution in [1.29, 1.82) is 0 Å². The Labute approximate surface area is 477 Å². The monoisotopic (exact) mass is 1070 g/mol. The van der Waals surface area contributed by atoms with Crippen molar-refractivity contribution in [3.05, 3.63) is 85.1 Å². The van der Waals surface area contributed by atoms with E-state index in [0.29, 0.717) is 19.3 Å². The molecule has 1 unspecified atom stereocenters. The molecule has 0 aliphatic rings. The van der Waals surface area contributed by atoms with Gasteiger partial charge in [-0.05, 0) is 77.0 Å². The Morgan fingerprint density at radius 1 is 0.273 bits per heavy atom. The average molecular weight is 1070 g/mol. The van der Waals surface area contributed by atoms with Crippen molar-refractivity contribution >= 4 is 17.9 Å². The Hall–Kier alpha value is -3.41. The maximum Gasteiger partial charge on any atom is 0.306 e. The zero-order valence-corrected chi connectivity index (χ0v) is 51.0. The summed E-state index contributed by atoms with van der Waals surface area (Å²) in [6.45, 7) is 6.53. The molecule has 6 nitrogen and oxygen atoms in total. The predicted octanol–water partition coefficient (Wildman–Crippen LogP) is 22.7. The molecule has 0 bridgehead atoms. The van der Waals surface area contributed by atoms with Crippen molar-refractivity contribution in [2.24, 2.45) is 0 Å². The average Bonchev–Trinajstić information content (AvgIpc) is 3.43. The number of ether oxygens (including phenoxy) is 3. The number of hydrogen-bond donors (Lipinski definition) is 0. The van der Waals surface area contributed by atoms with Gasteiger partial charge in [-0.15, -0.1) is 0 Å². The molecular weight excluding hydrogens is 949 g/mol. The lowest BCUT2D eigenvalue weighted by Crippen LogP contribution is -2.30. The molecule has 0 spiro atoms. The first-order valence-corrected chi connectivity index (χ1v) is 33.1. The molecule has 0 radical (unpaired) electrons. The lowest BCUT2D eigenvalue weighted by atomic mass is 10.0. The molecule has 0 aromatic rings. The molecule has 77 heavy (non-hydrogen) atoms. The molecule has 1 atom stereocenters. The normalized spacial score (nSPS) is 12.6. The summed E-state index contributed by atoms with van der Waals surface area (Å²) in [6.07, 6.45) is 86.1. The second-order valence-corrected chi connectivity index (χ2v) is 22.0. The predicted molar refractivity (Wildman–Crippen MR) is 334 cm³/mol. The van der Waals surface area contributed by atoms with Gasteiger partial charge in [0.15, 0.2) is 6.10 Å². The fourth-order valence-corrected chi connectivity index (χ4v) is 9.48. The summed E-state index contributed by atoms with van der Waals surface area (Å²) >= 11 is 0. The maximum absolute atomic E-state index is 12.9. The van der Waals surface area contributed by atoms with Crippen molar-refractivity contribution in [2.45, 2.75) is 335 Å². The molecule has 0 aliphatic heterocycles. The van der Waals surface area contributed by atoms with Crippen LogP contribution in [0.4, 0.5) is 0 Å². The quantitative estimate of drug-likeness (QED) is 0.0261. The molecule has 0 aliphatic carbocycles. The van der Waals surface area contributed by atoms with Crippen molar-refractivity contribution in [2.75, 3.05) is 13.2 Å². The molecule has 6 heteroatoms. The van der Waals surface area contributed by atoms with E-state index in [1.165, 1.54) is 167 Å². The van der Waals surface area contributed by atoms with Crippen LogP contribution in [0, 0.1) is 0 Å². The van der Waals surface area contributed by atoms with Gasteiger partial charge >= 0.3 is 17.9 Å². The van der Waals surface area contributed by atoms with Gasteiger partial charge in [0.05, 0.1) is 0 Å². The minimum atomic E-state index is -0.782. The zero-order chi connectivity index (χ0) is 55.7. The van der Waals surface area contributed by atoms with Crippen molar-refractivity contribution in [1.82, 2.24) is 0 Å². The van der Waals surface area contributed by atoms with Gasteiger partial charge in [-0.2, -0.15) is 0 Å². The summed E-state index contributed by atoms with van der Waals surface area (Å²) in [5.74, 6) is -0.886. The van der Waals surface area contributed by atoms with E-state index in [0.717, 1.165) is 122 Å². The third kappa shape index (κ3) is 63.3. The Morgan fingerprint density at radius 2 is 0.506 bits per heavy atom. The van der Waals surface area contributed by atoms with Crippen LogP contribution in [0.1, 0.15) is 329 Å². The van der Waals surface area contributed by atoms with Crippen molar-refractivity contribution in [3.8, 4) is 0 Å². The number of rotatable bonds is 60. The van der Waals surface area contributed by atoms with E-state index in [1.807, 2.05) is 0 Å². The van der Waals surface area contributed by atoms with Gasteiger partial charge < -0.3 is 14.2 Å². The number of allylic oxidation sites excluding steroid dienone is 14. The first-order valence-electron chi connectivity index (χ1n) is 33.1. The maximum atomic E-state index is 12.9. The van der Waals surface area contributed by atoms with E-state index in [4.69, 9.17) is 14.2 Å². The van der Waals surface area contributed by atoms with Gasteiger partial charge in [-0.25, -0.2) is 0 Å². The highest BCUT2D eigenvalue weighted by molar-refractivity contribution is 5.71. The van der Waals surface area contributed by atoms with Crippen LogP contribution in [0.25, 0.3) is 0 Å². The van der Waals surface area contributed by atoms with Crippen LogP contribution in [0.15, 0.2) is 85.1 Å². The van der Waals surface area contributed by atoms with Crippen molar-refractivity contribution < 1.29 is 28.6 Å². The molecule has 0 saturated carbocycles. The molecule has 0 N–H and O–H groups in total. The molecule has 0 aromatic heterocycles. The van der Waals surface area contributed by atoms with Crippen LogP contribution in [0.3, 0.4) is 0 Å². The van der Waals surface area contributed by atoms with Gasteiger partial charge in [0, 0.05) is 19.3 Å². The Balaban J connectivity index is 4.24. The van der Waals surface area contributed by atoms with Gasteiger partial charge in [-0.1, -0.05) is 318 Å². The highest BCUT2D eigenvalue weighted by Gasteiger charge is 2.19. The van der Waals surface area contributed by atoms with E-state index < -0.39 is 6.10 Å².